The Bertz CT molecular complexity index is 717. The number of hydrogen-bond acceptors (Lipinski definition) is 6. The van der Waals surface area contributed by atoms with Crippen LogP contribution in [-0.2, 0) is 9.47 Å². The minimum Gasteiger partial charge on any atom is -0.447 e. The van der Waals surface area contributed by atoms with E-state index in [0.717, 1.165) is 25.7 Å². The second-order valence-electron chi connectivity index (χ2n) is 8.78. The molecule has 0 spiro atoms. The second-order valence-corrected chi connectivity index (χ2v) is 8.78. The predicted octanol–water partition coefficient (Wildman–Crippen LogP) is 5.99. The molecule has 2 fully saturated rings. The van der Waals surface area contributed by atoms with Crippen molar-refractivity contribution in [3.63, 3.8) is 0 Å². The SMILES string of the molecule is CCCCCCCCCCC1OC2(CCC)OC(=N)C(C#N)(C2CC)C1(C#N)C#N. The lowest BCUT2D eigenvalue weighted by atomic mass is 9.53. The van der Waals surface area contributed by atoms with Crippen molar-refractivity contribution in [3.8, 4) is 18.2 Å². The lowest BCUT2D eigenvalue weighted by Crippen LogP contribution is -2.62. The molecule has 2 aliphatic rings. The topological polar surface area (TPSA) is 114 Å². The Morgan fingerprint density at radius 3 is 1.97 bits per heavy atom. The zero-order valence-electron chi connectivity index (χ0n) is 18.8. The van der Waals surface area contributed by atoms with E-state index in [-0.39, 0.29) is 5.90 Å². The van der Waals surface area contributed by atoms with E-state index in [0.29, 0.717) is 19.3 Å². The van der Waals surface area contributed by atoms with Gasteiger partial charge in [0.2, 0.25) is 11.7 Å². The molecule has 2 rings (SSSR count). The van der Waals surface area contributed by atoms with Crippen LogP contribution in [-0.4, -0.2) is 17.8 Å². The van der Waals surface area contributed by atoms with Crippen LogP contribution in [0.1, 0.15) is 97.8 Å². The molecule has 0 aliphatic carbocycles. The molecule has 2 saturated heterocycles. The molecule has 0 aromatic rings. The highest BCUT2D eigenvalue weighted by Crippen LogP contribution is 2.65. The number of ether oxygens (including phenoxy) is 2. The average Bonchev–Trinajstić information content (AvgIpc) is 2.94. The molecule has 6 nitrogen and oxygen atoms in total. The molecule has 0 aromatic carbocycles. The average molecular weight is 413 g/mol. The molecule has 2 heterocycles. The Morgan fingerprint density at radius 2 is 1.47 bits per heavy atom. The van der Waals surface area contributed by atoms with Crippen LogP contribution in [0.25, 0.3) is 0 Å². The highest BCUT2D eigenvalue weighted by molar-refractivity contribution is 5.89. The van der Waals surface area contributed by atoms with Gasteiger partial charge in [-0.2, -0.15) is 15.8 Å². The lowest BCUT2D eigenvalue weighted by molar-refractivity contribution is -0.284. The number of nitrogens with zero attached hydrogens (tertiary/aromatic N) is 3. The van der Waals surface area contributed by atoms with Gasteiger partial charge in [0.05, 0.1) is 30.2 Å². The molecule has 2 aliphatic heterocycles. The van der Waals surface area contributed by atoms with E-state index < -0.39 is 28.6 Å². The fourth-order valence-electron chi connectivity index (χ4n) is 5.51. The molecule has 0 saturated carbocycles. The summed E-state index contributed by atoms with van der Waals surface area (Å²) in [6.07, 6.45) is 10.8. The molecule has 164 valence electrons. The van der Waals surface area contributed by atoms with Crippen molar-refractivity contribution in [2.24, 2.45) is 16.7 Å². The zero-order chi connectivity index (χ0) is 22.3. The Hall–Kier alpha value is -2.10. The van der Waals surface area contributed by atoms with Crippen molar-refractivity contribution in [2.45, 2.75) is 110 Å². The lowest BCUT2D eigenvalue weighted by Gasteiger charge is -2.49. The smallest absolute Gasteiger partial charge is 0.217 e. The van der Waals surface area contributed by atoms with E-state index in [2.05, 4.69) is 25.1 Å². The molecule has 0 aromatic heterocycles. The summed E-state index contributed by atoms with van der Waals surface area (Å²) in [6.45, 7) is 6.12. The summed E-state index contributed by atoms with van der Waals surface area (Å²) in [5.41, 5.74) is -3.31. The number of nitrogens with one attached hydrogen (secondary N) is 1. The molecule has 4 unspecified atom stereocenters. The quantitative estimate of drug-likeness (QED) is 0.395. The number of rotatable bonds is 12. The van der Waals surface area contributed by atoms with Gasteiger partial charge in [0.1, 0.15) is 0 Å². The van der Waals surface area contributed by atoms with Crippen LogP contribution in [0, 0.1) is 56.2 Å². The Balaban J connectivity index is 2.22. The Morgan fingerprint density at radius 1 is 0.867 bits per heavy atom. The standard InChI is InChI=1S/C24H36N4O2/c1-4-7-8-9-10-11-12-13-14-20-22(16-25,17-26)23(18-27)19(6-3)24(29-20,15-5-2)30-21(23)28/h19-20,28H,4-15H2,1-3H3. The van der Waals surface area contributed by atoms with Gasteiger partial charge in [0.25, 0.3) is 0 Å². The molecule has 4 atom stereocenters. The van der Waals surface area contributed by atoms with E-state index >= 15 is 0 Å². The van der Waals surface area contributed by atoms with Crippen molar-refractivity contribution in [3.05, 3.63) is 0 Å². The highest BCUT2D eigenvalue weighted by atomic mass is 16.7. The molecule has 2 bridgehead atoms. The van der Waals surface area contributed by atoms with Crippen LogP contribution < -0.4 is 0 Å². The van der Waals surface area contributed by atoms with Crippen LogP contribution in [0.5, 0.6) is 0 Å². The molecule has 0 amide bonds. The van der Waals surface area contributed by atoms with Crippen molar-refractivity contribution in [1.29, 1.82) is 21.2 Å². The van der Waals surface area contributed by atoms with E-state index in [1.807, 2.05) is 13.8 Å². The van der Waals surface area contributed by atoms with Crippen LogP contribution in [0.4, 0.5) is 0 Å². The highest BCUT2D eigenvalue weighted by Gasteiger charge is 2.79. The van der Waals surface area contributed by atoms with Crippen LogP contribution >= 0.6 is 0 Å². The first-order valence-electron chi connectivity index (χ1n) is 11.7. The number of fused-ring (bicyclic) bond motifs is 2. The first-order valence-corrected chi connectivity index (χ1v) is 11.7. The van der Waals surface area contributed by atoms with Crippen molar-refractivity contribution in [2.75, 3.05) is 0 Å². The fourth-order valence-corrected chi connectivity index (χ4v) is 5.51. The fraction of sp³-hybridized carbons (Fsp3) is 0.833. The summed E-state index contributed by atoms with van der Waals surface area (Å²) in [4.78, 5) is 0. The summed E-state index contributed by atoms with van der Waals surface area (Å²) in [6, 6.07) is 6.49. The summed E-state index contributed by atoms with van der Waals surface area (Å²) in [7, 11) is 0. The minimum atomic E-state index is -1.73. The molecule has 30 heavy (non-hydrogen) atoms. The third-order valence-corrected chi connectivity index (χ3v) is 6.99. The third-order valence-electron chi connectivity index (χ3n) is 6.99. The number of unbranched alkanes of at least 4 members (excludes halogenated alkanes) is 7. The summed E-state index contributed by atoms with van der Waals surface area (Å²) < 4.78 is 12.3. The summed E-state index contributed by atoms with van der Waals surface area (Å²) in [5, 5.41) is 39.0. The molecular weight excluding hydrogens is 376 g/mol. The number of hydrogen-bond donors (Lipinski definition) is 1. The molecule has 1 N–H and O–H groups in total. The van der Waals surface area contributed by atoms with Crippen molar-refractivity contribution >= 4 is 5.90 Å². The first kappa shape index (κ1) is 24.2. The molecule has 6 heteroatoms. The largest absolute Gasteiger partial charge is 0.447 e. The van der Waals surface area contributed by atoms with E-state index in [4.69, 9.17) is 14.9 Å². The van der Waals surface area contributed by atoms with E-state index in [1.54, 1.807) is 0 Å². The van der Waals surface area contributed by atoms with Gasteiger partial charge < -0.3 is 9.47 Å². The van der Waals surface area contributed by atoms with Crippen LogP contribution in [0.2, 0.25) is 0 Å². The second kappa shape index (κ2) is 10.3. The van der Waals surface area contributed by atoms with Gasteiger partial charge in [-0.1, -0.05) is 72.1 Å². The monoisotopic (exact) mass is 412 g/mol. The Kier molecular flexibility index (Phi) is 8.28. The van der Waals surface area contributed by atoms with E-state index in [1.165, 1.54) is 32.1 Å². The maximum absolute atomic E-state index is 10.2. The zero-order valence-corrected chi connectivity index (χ0v) is 18.8. The summed E-state index contributed by atoms with van der Waals surface area (Å²) >= 11 is 0. The third kappa shape index (κ3) is 3.70. The van der Waals surface area contributed by atoms with Gasteiger partial charge in [-0.3, -0.25) is 5.41 Å². The van der Waals surface area contributed by atoms with Gasteiger partial charge in [-0.05, 0) is 19.3 Å². The van der Waals surface area contributed by atoms with Gasteiger partial charge in [-0.25, -0.2) is 0 Å². The first-order chi connectivity index (χ1) is 14.5. The molecule has 0 radical (unpaired) electrons. The van der Waals surface area contributed by atoms with Crippen LogP contribution in [0.15, 0.2) is 0 Å². The van der Waals surface area contributed by atoms with E-state index in [9.17, 15) is 15.8 Å². The number of nitriles is 3. The predicted molar refractivity (Wildman–Crippen MR) is 114 cm³/mol. The maximum Gasteiger partial charge on any atom is 0.217 e. The summed E-state index contributed by atoms with van der Waals surface area (Å²) in [5.74, 6) is -1.86. The normalized spacial score (nSPS) is 31.4. The van der Waals surface area contributed by atoms with Crippen molar-refractivity contribution in [1.82, 2.24) is 0 Å². The van der Waals surface area contributed by atoms with Crippen LogP contribution in [0.3, 0.4) is 0 Å². The Labute approximate surface area is 181 Å². The molecular formula is C24H36N4O2. The van der Waals surface area contributed by atoms with Crippen molar-refractivity contribution < 1.29 is 9.47 Å². The van der Waals surface area contributed by atoms with Gasteiger partial charge in [0, 0.05) is 6.42 Å². The van der Waals surface area contributed by atoms with Gasteiger partial charge in [0.15, 0.2) is 10.8 Å². The van der Waals surface area contributed by atoms with Gasteiger partial charge in [-0.15, -0.1) is 0 Å². The minimum absolute atomic E-state index is 0.271. The maximum atomic E-state index is 10.2. The van der Waals surface area contributed by atoms with Gasteiger partial charge >= 0.3 is 0 Å².